The first-order chi connectivity index (χ1) is 8.66. The Balaban J connectivity index is 2.04. The quantitative estimate of drug-likeness (QED) is 0.866. The molecule has 92 valence electrons. The van der Waals surface area contributed by atoms with Gasteiger partial charge in [0.2, 0.25) is 0 Å². The second-order valence-electron chi connectivity index (χ2n) is 3.78. The molecule has 0 atom stereocenters. The van der Waals surface area contributed by atoms with Crippen LogP contribution in [0.3, 0.4) is 0 Å². The summed E-state index contributed by atoms with van der Waals surface area (Å²) in [5.74, 6) is -0.0672. The second-order valence-corrected chi connectivity index (χ2v) is 5.55. The van der Waals surface area contributed by atoms with Gasteiger partial charge in [-0.15, -0.1) is 0 Å². The highest BCUT2D eigenvalue weighted by Crippen LogP contribution is 2.21. The third kappa shape index (κ3) is 3.43. The zero-order valence-electron chi connectivity index (χ0n) is 9.49. The summed E-state index contributed by atoms with van der Waals surface area (Å²) in [6, 6.07) is 15.1. The van der Waals surface area contributed by atoms with Gasteiger partial charge in [0.15, 0.2) is 0 Å². The van der Waals surface area contributed by atoms with Crippen LogP contribution >= 0.6 is 31.9 Å². The van der Waals surface area contributed by atoms with Crippen LogP contribution in [-0.4, -0.2) is 5.91 Å². The van der Waals surface area contributed by atoms with Crippen molar-refractivity contribution in [1.82, 2.24) is 5.32 Å². The molecule has 0 aliphatic heterocycles. The molecule has 0 unspecified atom stereocenters. The van der Waals surface area contributed by atoms with Gasteiger partial charge in [-0.05, 0) is 35.9 Å². The van der Waals surface area contributed by atoms with Crippen LogP contribution in [0, 0.1) is 0 Å². The number of carbonyl (C=O) groups is 1. The summed E-state index contributed by atoms with van der Waals surface area (Å²) in [4.78, 5) is 11.9. The summed E-state index contributed by atoms with van der Waals surface area (Å²) in [6.07, 6.45) is 0. The topological polar surface area (TPSA) is 29.1 Å². The van der Waals surface area contributed by atoms with Gasteiger partial charge >= 0.3 is 0 Å². The van der Waals surface area contributed by atoms with Crippen molar-refractivity contribution in [1.29, 1.82) is 0 Å². The third-order valence-electron chi connectivity index (χ3n) is 2.48. The summed E-state index contributed by atoms with van der Waals surface area (Å²) in [5, 5.41) is 2.89. The Kier molecular flexibility index (Phi) is 4.55. The zero-order valence-corrected chi connectivity index (χ0v) is 12.7. The third-order valence-corrected chi connectivity index (χ3v) is 3.75. The van der Waals surface area contributed by atoms with Crippen molar-refractivity contribution in [3.8, 4) is 0 Å². The molecule has 2 nitrogen and oxygen atoms in total. The number of rotatable bonds is 3. The molecule has 0 bridgehead atoms. The van der Waals surface area contributed by atoms with Crippen molar-refractivity contribution in [2.75, 3.05) is 0 Å². The lowest BCUT2D eigenvalue weighted by molar-refractivity contribution is 0.0951. The highest BCUT2D eigenvalue weighted by Gasteiger charge is 2.06. The average Bonchev–Trinajstić information content (AvgIpc) is 2.40. The predicted molar refractivity (Wildman–Crippen MR) is 79.5 cm³/mol. The Hall–Kier alpha value is -1.13. The van der Waals surface area contributed by atoms with Crippen molar-refractivity contribution in [3.63, 3.8) is 0 Å². The molecular weight excluding hydrogens is 358 g/mol. The maximum absolute atomic E-state index is 11.9. The van der Waals surface area contributed by atoms with E-state index in [1.165, 1.54) is 0 Å². The van der Waals surface area contributed by atoms with Gasteiger partial charge in [0.05, 0.1) is 0 Å². The van der Waals surface area contributed by atoms with E-state index in [2.05, 4.69) is 37.2 Å². The van der Waals surface area contributed by atoms with Crippen LogP contribution < -0.4 is 5.32 Å². The van der Waals surface area contributed by atoms with E-state index >= 15 is 0 Å². The maximum atomic E-state index is 11.9. The van der Waals surface area contributed by atoms with Gasteiger partial charge in [0.25, 0.3) is 5.91 Å². The van der Waals surface area contributed by atoms with Crippen LogP contribution in [0.25, 0.3) is 0 Å². The lowest BCUT2D eigenvalue weighted by Crippen LogP contribution is -2.22. The molecule has 0 aliphatic rings. The molecule has 18 heavy (non-hydrogen) atoms. The van der Waals surface area contributed by atoms with Crippen LogP contribution in [0.5, 0.6) is 0 Å². The van der Waals surface area contributed by atoms with E-state index in [0.29, 0.717) is 12.1 Å². The van der Waals surface area contributed by atoms with Crippen LogP contribution in [0.2, 0.25) is 0 Å². The number of carbonyl (C=O) groups excluding carboxylic acids is 1. The average molecular weight is 369 g/mol. The summed E-state index contributed by atoms with van der Waals surface area (Å²) in [6.45, 7) is 0.494. The number of halogens is 2. The summed E-state index contributed by atoms with van der Waals surface area (Å²) in [7, 11) is 0. The second kappa shape index (κ2) is 6.16. The molecule has 2 aromatic carbocycles. The molecule has 0 aliphatic carbocycles. The Morgan fingerprint density at radius 3 is 2.50 bits per heavy atom. The molecule has 2 rings (SSSR count). The largest absolute Gasteiger partial charge is 0.348 e. The molecule has 0 heterocycles. The van der Waals surface area contributed by atoms with E-state index in [9.17, 15) is 4.79 Å². The highest BCUT2D eigenvalue weighted by atomic mass is 79.9. The fraction of sp³-hybridized carbons (Fsp3) is 0.0714. The fourth-order valence-corrected chi connectivity index (χ4v) is 2.34. The van der Waals surface area contributed by atoms with Crippen molar-refractivity contribution < 1.29 is 4.79 Å². The van der Waals surface area contributed by atoms with Gasteiger partial charge in [0, 0.05) is 21.1 Å². The van der Waals surface area contributed by atoms with Gasteiger partial charge in [0.1, 0.15) is 0 Å². The maximum Gasteiger partial charge on any atom is 0.251 e. The Morgan fingerprint density at radius 2 is 1.78 bits per heavy atom. The Labute approximate surface area is 123 Å². The first-order valence-corrected chi connectivity index (χ1v) is 7.02. The molecule has 0 aromatic heterocycles. The van der Waals surface area contributed by atoms with Crippen molar-refractivity contribution in [3.05, 3.63) is 68.6 Å². The van der Waals surface area contributed by atoms with Crippen LogP contribution in [0.1, 0.15) is 15.9 Å². The molecule has 0 fully saturated rings. The summed E-state index contributed by atoms with van der Waals surface area (Å²) >= 11 is 6.88. The minimum Gasteiger partial charge on any atom is -0.348 e. The molecule has 1 amide bonds. The molecule has 4 heteroatoms. The van der Waals surface area contributed by atoms with Gasteiger partial charge in [-0.1, -0.05) is 50.1 Å². The molecule has 1 N–H and O–H groups in total. The zero-order chi connectivity index (χ0) is 13.0. The first kappa shape index (κ1) is 13.3. The summed E-state index contributed by atoms with van der Waals surface area (Å²) in [5.41, 5.74) is 1.71. The van der Waals surface area contributed by atoms with Gasteiger partial charge in [-0.25, -0.2) is 0 Å². The number of hydrogen-bond donors (Lipinski definition) is 1. The lowest BCUT2D eigenvalue weighted by Gasteiger charge is -2.07. The van der Waals surface area contributed by atoms with E-state index in [0.717, 1.165) is 14.5 Å². The van der Waals surface area contributed by atoms with Crippen LogP contribution in [0.4, 0.5) is 0 Å². The van der Waals surface area contributed by atoms with Crippen molar-refractivity contribution >= 4 is 37.8 Å². The monoisotopic (exact) mass is 367 g/mol. The number of hydrogen-bond acceptors (Lipinski definition) is 1. The minimum absolute atomic E-state index is 0.0672. The standard InChI is InChI=1S/C14H11Br2NO/c15-12-6-7-13(16)11(8-12)9-17-14(18)10-4-2-1-3-5-10/h1-8H,9H2,(H,17,18). The first-order valence-electron chi connectivity index (χ1n) is 5.44. The number of nitrogens with one attached hydrogen (secondary N) is 1. The lowest BCUT2D eigenvalue weighted by atomic mass is 10.2. The van der Waals surface area contributed by atoms with E-state index < -0.39 is 0 Å². The van der Waals surface area contributed by atoms with E-state index in [-0.39, 0.29) is 5.91 Å². The summed E-state index contributed by atoms with van der Waals surface area (Å²) < 4.78 is 1.98. The number of benzene rings is 2. The van der Waals surface area contributed by atoms with E-state index in [1.807, 2.05) is 36.4 Å². The van der Waals surface area contributed by atoms with Crippen LogP contribution in [0.15, 0.2) is 57.5 Å². The Morgan fingerprint density at radius 1 is 1.06 bits per heavy atom. The predicted octanol–water partition coefficient (Wildman–Crippen LogP) is 4.14. The van der Waals surface area contributed by atoms with Crippen molar-refractivity contribution in [2.45, 2.75) is 6.54 Å². The SMILES string of the molecule is O=C(NCc1cc(Br)ccc1Br)c1ccccc1. The van der Waals surface area contributed by atoms with Gasteiger partial charge in [-0.3, -0.25) is 4.79 Å². The smallest absolute Gasteiger partial charge is 0.251 e. The van der Waals surface area contributed by atoms with E-state index in [1.54, 1.807) is 12.1 Å². The molecule has 0 radical (unpaired) electrons. The fourth-order valence-electron chi connectivity index (χ4n) is 1.55. The number of amides is 1. The highest BCUT2D eigenvalue weighted by molar-refractivity contribution is 9.11. The van der Waals surface area contributed by atoms with E-state index in [4.69, 9.17) is 0 Å². The molecule has 0 saturated carbocycles. The Bertz CT molecular complexity index is 555. The molecule has 2 aromatic rings. The normalized spacial score (nSPS) is 10.1. The van der Waals surface area contributed by atoms with Gasteiger partial charge < -0.3 is 5.32 Å². The minimum atomic E-state index is -0.0672. The molecule has 0 spiro atoms. The van der Waals surface area contributed by atoms with Crippen molar-refractivity contribution in [2.24, 2.45) is 0 Å². The molecule has 0 saturated heterocycles. The molecular formula is C14H11Br2NO. The van der Waals surface area contributed by atoms with Crippen LogP contribution in [-0.2, 0) is 6.54 Å². The van der Waals surface area contributed by atoms with Gasteiger partial charge in [-0.2, -0.15) is 0 Å².